The van der Waals surface area contributed by atoms with E-state index >= 15 is 0 Å². The largest absolute Gasteiger partial charge is 0.244 e. The number of hydrogen-bond acceptors (Lipinski definition) is 4. The number of benzene rings is 4. The van der Waals surface area contributed by atoms with Gasteiger partial charge in [-0.2, -0.15) is 0 Å². The number of hydrogen-bond donors (Lipinski definition) is 0. The molecule has 6 aromatic rings. The number of allylic oxidation sites excluding steroid dienone is 3. The molecule has 0 saturated carbocycles. The van der Waals surface area contributed by atoms with Gasteiger partial charge in [0, 0.05) is 22.3 Å². The van der Waals surface area contributed by atoms with E-state index in [1.54, 1.807) is 0 Å². The summed E-state index contributed by atoms with van der Waals surface area (Å²) in [5, 5.41) is 0. The molecular weight excluding hydrogens is 579 g/mol. The van der Waals surface area contributed by atoms with Gasteiger partial charge in [-0.25, -0.2) is 19.9 Å². The minimum Gasteiger partial charge on any atom is -0.244 e. The maximum absolute atomic E-state index is 5.06. The first-order valence-electron chi connectivity index (χ1n) is 12.4. The van der Waals surface area contributed by atoms with Crippen LogP contribution in [0.25, 0.3) is 61.4 Å². The highest BCUT2D eigenvalue weighted by molar-refractivity contribution is 14.2. The Morgan fingerprint density at radius 3 is 1.32 bits per heavy atom. The first-order valence-corrected chi connectivity index (χ1v) is 14.8. The molecular formula is C33H21IN4. The van der Waals surface area contributed by atoms with Crippen LogP contribution < -0.4 is 0 Å². The normalized spacial score (nSPS) is 12.9. The van der Waals surface area contributed by atoms with Crippen molar-refractivity contribution in [1.29, 1.82) is 0 Å². The second-order valence-electron chi connectivity index (χ2n) is 8.93. The van der Waals surface area contributed by atoms with Gasteiger partial charge in [-0.15, -0.1) is 0 Å². The summed E-state index contributed by atoms with van der Waals surface area (Å²) in [5.41, 5.74) is 11.2. The molecule has 0 bridgehead atoms. The van der Waals surface area contributed by atoms with Crippen molar-refractivity contribution in [3.63, 3.8) is 0 Å². The predicted molar refractivity (Wildman–Crippen MR) is 166 cm³/mol. The molecule has 0 spiro atoms. The number of para-hydroxylation sites is 4. The predicted octanol–water partition coefficient (Wildman–Crippen LogP) is 8.26. The fourth-order valence-corrected chi connectivity index (χ4v) is 6.08. The Morgan fingerprint density at radius 2 is 0.842 bits per heavy atom. The molecule has 0 aliphatic carbocycles. The highest BCUT2D eigenvalue weighted by Crippen LogP contribution is 2.34. The van der Waals surface area contributed by atoms with Crippen LogP contribution in [0.5, 0.6) is 0 Å². The number of aromatic nitrogens is 4. The molecule has 4 nitrogen and oxygen atoms in total. The van der Waals surface area contributed by atoms with Crippen molar-refractivity contribution in [1.82, 2.24) is 19.9 Å². The molecule has 0 fully saturated rings. The second kappa shape index (κ2) is 9.84. The molecule has 0 radical (unpaired) electrons. The van der Waals surface area contributed by atoms with Gasteiger partial charge in [0.1, 0.15) is 0 Å². The first kappa shape index (κ1) is 22.8. The van der Waals surface area contributed by atoms with Crippen LogP contribution in [0, 0.1) is 0 Å². The van der Waals surface area contributed by atoms with Crippen LogP contribution in [0.2, 0.25) is 0 Å². The van der Waals surface area contributed by atoms with Gasteiger partial charge in [0.2, 0.25) is 0 Å². The Labute approximate surface area is 230 Å². The van der Waals surface area contributed by atoms with Crippen molar-refractivity contribution in [2.45, 2.75) is 0 Å². The quantitative estimate of drug-likeness (QED) is 0.191. The monoisotopic (exact) mass is 600 g/mol. The number of fused-ring (bicyclic) bond motifs is 2. The van der Waals surface area contributed by atoms with Crippen molar-refractivity contribution in [3.05, 3.63) is 125 Å². The average Bonchev–Trinajstić information content (AvgIpc) is 3.01. The zero-order valence-electron chi connectivity index (χ0n) is 20.3. The van der Waals surface area contributed by atoms with Gasteiger partial charge in [0.25, 0.3) is 0 Å². The van der Waals surface area contributed by atoms with Gasteiger partial charge in [-0.3, -0.25) is 0 Å². The third kappa shape index (κ3) is 4.25. The van der Waals surface area contributed by atoms with E-state index in [9.17, 15) is 0 Å². The maximum Gasteiger partial charge on any atom is 0.0973 e. The second-order valence-corrected chi connectivity index (χ2v) is 11.1. The van der Waals surface area contributed by atoms with Crippen LogP contribution in [0.3, 0.4) is 0 Å². The van der Waals surface area contributed by atoms with E-state index < -0.39 is 0 Å². The molecule has 2 aromatic heterocycles. The Kier molecular flexibility index (Phi) is 5.90. The summed E-state index contributed by atoms with van der Waals surface area (Å²) in [7, 11) is 0. The van der Waals surface area contributed by atoms with Crippen molar-refractivity contribution >= 4 is 52.4 Å². The van der Waals surface area contributed by atoms with Crippen LogP contribution >= 0.6 is 20.7 Å². The molecule has 1 aliphatic rings. The van der Waals surface area contributed by atoms with Gasteiger partial charge in [0.05, 0.1) is 44.8 Å². The fraction of sp³-hybridized carbons (Fsp3) is 0. The third-order valence-corrected chi connectivity index (χ3v) is 8.07. The molecule has 0 N–H and O–H groups in total. The van der Waals surface area contributed by atoms with E-state index in [1.165, 1.54) is 0 Å². The van der Waals surface area contributed by atoms with Crippen molar-refractivity contribution in [2.24, 2.45) is 0 Å². The molecule has 4 aromatic carbocycles. The van der Waals surface area contributed by atoms with Crippen molar-refractivity contribution in [3.8, 4) is 33.8 Å². The lowest BCUT2D eigenvalue weighted by Gasteiger charge is -2.13. The fourth-order valence-electron chi connectivity index (χ4n) is 4.65. The molecule has 0 atom stereocenters. The molecule has 0 saturated heterocycles. The topological polar surface area (TPSA) is 51.6 Å². The standard InChI is InChI=1S/C33H21IN4/c1-2-8-22(9-3-1)30-31(36-27-11-5-4-10-26(27)35-30)23-14-16-24(17-15-23)32-33(25-18-20-34-21-19-25)38-29-13-7-6-12-28(29)37-32/h1-21H. The van der Waals surface area contributed by atoms with Crippen molar-refractivity contribution in [2.75, 3.05) is 0 Å². The summed E-state index contributed by atoms with van der Waals surface area (Å²) in [6.45, 7) is 0. The molecule has 5 heteroatoms. The number of halogens is 1. The van der Waals surface area contributed by atoms with Gasteiger partial charge in [-0.05, 0) is 44.5 Å². The van der Waals surface area contributed by atoms with E-state index in [-0.39, 0.29) is 20.7 Å². The summed E-state index contributed by atoms with van der Waals surface area (Å²) < 4.78 is 4.53. The molecule has 3 heterocycles. The van der Waals surface area contributed by atoms with Gasteiger partial charge in [0.15, 0.2) is 0 Å². The molecule has 1 aliphatic heterocycles. The zero-order valence-corrected chi connectivity index (χ0v) is 22.4. The van der Waals surface area contributed by atoms with E-state index in [1.807, 2.05) is 66.7 Å². The number of rotatable bonds is 4. The minimum atomic E-state index is -0.0145. The van der Waals surface area contributed by atoms with E-state index in [0.717, 1.165) is 67.1 Å². The van der Waals surface area contributed by atoms with Crippen LogP contribution in [-0.4, -0.2) is 23.9 Å². The Morgan fingerprint density at radius 1 is 0.421 bits per heavy atom. The number of nitrogens with zero attached hydrogens (tertiary/aromatic N) is 4. The Bertz CT molecular complexity index is 1910. The van der Waals surface area contributed by atoms with E-state index in [4.69, 9.17) is 19.9 Å². The minimum absolute atomic E-state index is 0.0145. The van der Waals surface area contributed by atoms with Crippen molar-refractivity contribution < 1.29 is 0 Å². The van der Waals surface area contributed by atoms with Gasteiger partial charge in [-0.1, -0.05) is 99.6 Å². The Balaban J connectivity index is 1.38. The Hall–Kier alpha value is -4.36. The van der Waals surface area contributed by atoms with E-state index in [0.29, 0.717) is 0 Å². The summed E-state index contributed by atoms with van der Waals surface area (Å²) in [5.74, 6) is 0. The molecule has 7 rings (SSSR count). The summed E-state index contributed by atoms with van der Waals surface area (Å²) in [6.07, 6.45) is 4.36. The van der Waals surface area contributed by atoms with Gasteiger partial charge >= 0.3 is 0 Å². The van der Waals surface area contributed by atoms with Crippen LogP contribution in [0.4, 0.5) is 0 Å². The van der Waals surface area contributed by atoms with E-state index in [2.05, 4.69) is 56.6 Å². The lowest BCUT2D eigenvalue weighted by molar-refractivity contribution is 1.25. The maximum atomic E-state index is 5.06. The summed E-state index contributed by atoms with van der Waals surface area (Å²) in [4.78, 5) is 20.1. The lowest BCUT2D eigenvalue weighted by atomic mass is 9.99. The van der Waals surface area contributed by atoms with Gasteiger partial charge < -0.3 is 0 Å². The summed E-state index contributed by atoms with van der Waals surface area (Å²) >= 11 is -0.0145. The van der Waals surface area contributed by atoms with Crippen LogP contribution in [-0.2, 0) is 0 Å². The summed E-state index contributed by atoms with van der Waals surface area (Å²) in [6, 6.07) is 34.8. The molecule has 38 heavy (non-hydrogen) atoms. The molecule has 0 amide bonds. The third-order valence-electron chi connectivity index (χ3n) is 6.52. The highest BCUT2D eigenvalue weighted by atomic mass is 127. The molecule has 0 unspecified atom stereocenters. The SMILES string of the molecule is C1=CC(c2nc3ccccc3nc2-c2ccc(-c3nc4ccccc4nc3-c3ccccc3)cc2)=CC=I1. The smallest absolute Gasteiger partial charge is 0.0973 e. The highest BCUT2D eigenvalue weighted by Gasteiger charge is 2.17. The lowest BCUT2D eigenvalue weighted by Crippen LogP contribution is -1.99. The van der Waals surface area contributed by atoms with Crippen LogP contribution in [0.1, 0.15) is 5.69 Å². The van der Waals surface area contributed by atoms with Crippen LogP contribution in [0.15, 0.2) is 119 Å². The average molecular weight is 600 g/mol. The zero-order chi connectivity index (χ0) is 25.3. The first-order chi connectivity index (χ1) is 18.8. The molecule has 180 valence electrons.